The molecule has 0 saturated heterocycles. The van der Waals surface area contributed by atoms with Crippen LogP contribution < -0.4 is 5.32 Å². The van der Waals surface area contributed by atoms with E-state index in [-0.39, 0.29) is 16.7 Å². The van der Waals surface area contributed by atoms with Gasteiger partial charge in [0.25, 0.3) is 11.6 Å². The van der Waals surface area contributed by atoms with Gasteiger partial charge in [-0.25, -0.2) is 0 Å². The zero-order chi connectivity index (χ0) is 16.4. The van der Waals surface area contributed by atoms with Crippen LogP contribution in [0, 0.1) is 10.1 Å². The Kier molecular flexibility index (Phi) is 4.09. The maximum Gasteiger partial charge on any atom is 0.271 e. The van der Waals surface area contributed by atoms with Crippen LogP contribution >= 0.6 is 23.2 Å². The highest BCUT2D eigenvalue weighted by molar-refractivity contribution is 6.33. The standard InChI is InChI=1S/C13H8Cl2N6O2/c14-9-3-1-2-4-12(9)20-13(17-18-19-20)16-11-6-5-8(21(22)23)7-10(11)15/h1-7H,(H,16,17,19). The zero-order valence-corrected chi connectivity index (χ0v) is 12.9. The molecule has 0 spiro atoms. The van der Waals surface area contributed by atoms with E-state index in [0.29, 0.717) is 16.4 Å². The van der Waals surface area contributed by atoms with Crippen LogP contribution in [0.5, 0.6) is 0 Å². The van der Waals surface area contributed by atoms with Gasteiger partial charge in [0.05, 0.1) is 26.3 Å². The van der Waals surface area contributed by atoms with Gasteiger partial charge in [0.1, 0.15) is 0 Å². The third-order valence-electron chi connectivity index (χ3n) is 2.96. The summed E-state index contributed by atoms with van der Waals surface area (Å²) in [7, 11) is 0. The average molecular weight is 351 g/mol. The fourth-order valence-corrected chi connectivity index (χ4v) is 2.33. The maximum atomic E-state index is 10.7. The molecule has 0 fully saturated rings. The van der Waals surface area contributed by atoms with Crippen molar-refractivity contribution >= 4 is 40.5 Å². The molecule has 3 rings (SSSR count). The molecule has 0 atom stereocenters. The van der Waals surface area contributed by atoms with Crippen LogP contribution in [-0.4, -0.2) is 25.1 Å². The highest BCUT2D eigenvalue weighted by atomic mass is 35.5. The topological polar surface area (TPSA) is 98.8 Å². The van der Waals surface area contributed by atoms with Gasteiger partial charge >= 0.3 is 0 Å². The summed E-state index contributed by atoms with van der Waals surface area (Å²) >= 11 is 12.2. The molecular formula is C13H8Cl2N6O2. The molecule has 23 heavy (non-hydrogen) atoms. The number of nitro benzene ring substituents is 1. The second-order valence-electron chi connectivity index (χ2n) is 4.41. The lowest BCUT2D eigenvalue weighted by Crippen LogP contribution is -2.04. The number of tetrazole rings is 1. The van der Waals surface area contributed by atoms with Crippen molar-refractivity contribution in [3.63, 3.8) is 0 Å². The van der Waals surface area contributed by atoms with Crippen molar-refractivity contribution in [3.05, 3.63) is 62.6 Å². The fourth-order valence-electron chi connectivity index (χ4n) is 1.89. The van der Waals surface area contributed by atoms with Crippen LogP contribution in [0.4, 0.5) is 17.3 Å². The Bertz CT molecular complexity index is 882. The van der Waals surface area contributed by atoms with Crippen molar-refractivity contribution in [2.24, 2.45) is 0 Å². The SMILES string of the molecule is O=[N+]([O-])c1ccc(Nc2nnnn2-c2ccccc2Cl)c(Cl)c1. The van der Waals surface area contributed by atoms with E-state index in [1.54, 1.807) is 24.3 Å². The number of non-ortho nitro benzene ring substituents is 1. The van der Waals surface area contributed by atoms with Crippen molar-refractivity contribution in [2.75, 3.05) is 5.32 Å². The number of aromatic nitrogens is 4. The van der Waals surface area contributed by atoms with Crippen molar-refractivity contribution in [2.45, 2.75) is 0 Å². The summed E-state index contributed by atoms with van der Waals surface area (Å²) in [5.41, 5.74) is 0.909. The lowest BCUT2D eigenvalue weighted by atomic mass is 10.3. The first-order valence-corrected chi connectivity index (χ1v) is 7.06. The quantitative estimate of drug-likeness (QED) is 0.569. The molecule has 2 aromatic carbocycles. The van der Waals surface area contributed by atoms with Gasteiger partial charge in [0, 0.05) is 12.1 Å². The Morgan fingerprint density at radius 2 is 1.91 bits per heavy atom. The average Bonchev–Trinajstić information content (AvgIpc) is 2.97. The monoisotopic (exact) mass is 350 g/mol. The molecule has 10 heteroatoms. The van der Waals surface area contributed by atoms with Crippen molar-refractivity contribution in [1.29, 1.82) is 0 Å². The van der Waals surface area contributed by atoms with Crippen LogP contribution in [0.2, 0.25) is 10.0 Å². The first-order valence-electron chi connectivity index (χ1n) is 6.30. The Morgan fingerprint density at radius 1 is 1.13 bits per heavy atom. The summed E-state index contributed by atoms with van der Waals surface area (Å²) in [5, 5.41) is 25.6. The number of nitrogens with one attached hydrogen (secondary N) is 1. The van der Waals surface area contributed by atoms with Gasteiger partial charge in [-0.2, -0.15) is 4.68 Å². The van der Waals surface area contributed by atoms with Crippen molar-refractivity contribution < 1.29 is 4.92 Å². The number of anilines is 2. The maximum absolute atomic E-state index is 10.7. The minimum atomic E-state index is -0.524. The van der Waals surface area contributed by atoms with Crippen LogP contribution in [0.25, 0.3) is 5.69 Å². The van der Waals surface area contributed by atoms with E-state index in [4.69, 9.17) is 23.2 Å². The van der Waals surface area contributed by atoms with Crippen LogP contribution in [0.3, 0.4) is 0 Å². The number of rotatable bonds is 4. The molecule has 0 unspecified atom stereocenters. The molecule has 0 aliphatic heterocycles. The molecule has 0 saturated carbocycles. The van der Waals surface area contributed by atoms with E-state index in [0.717, 1.165) is 0 Å². The summed E-state index contributed by atoms with van der Waals surface area (Å²) in [6, 6.07) is 11.1. The number of para-hydroxylation sites is 1. The molecule has 8 nitrogen and oxygen atoms in total. The number of benzene rings is 2. The molecule has 0 radical (unpaired) electrons. The van der Waals surface area contributed by atoms with Gasteiger partial charge in [-0.05, 0) is 28.6 Å². The number of nitro groups is 1. The predicted molar refractivity (Wildman–Crippen MR) is 85.6 cm³/mol. The molecule has 0 aliphatic rings. The number of nitrogens with zero attached hydrogens (tertiary/aromatic N) is 5. The van der Waals surface area contributed by atoms with Gasteiger partial charge in [0.15, 0.2) is 0 Å². The number of halogens is 2. The molecular weight excluding hydrogens is 343 g/mol. The highest BCUT2D eigenvalue weighted by Crippen LogP contribution is 2.29. The molecule has 0 aliphatic carbocycles. The Morgan fingerprint density at radius 3 is 2.61 bits per heavy atom. The van der Waals surface area contributed by atoms with E-state index in [2.05, 4.69) is 20.8 Å². The van der Waals surface area contributed by atoms with E-state index in [1.165, 1.54) is 22.9 Å². The lowest BCUT2D eigenvalue weighted by molar-refractivity contribution is -0.384. The van der Waals surface area contributed by atoms with Gasteiger partial charge in [-0.1, -0.05) is 40.4 Å². The summed E-state index contributed by atoms with van der Waals surface area (Å²) in [5.74, 6) is 0.272. The largest absolute Gasteiger partial charge is 0.321 e. The molecule has 0 bridgehead atoms. The van der Waals surface area contributed by atoms with Crippen LogP contribution in [0.1, 0.15) is 0 Å². The Hall–Kier alpha value is -2.71. The molecule has 1 aromatic heterocycles. The van der Waals surface area contributed by atoms with E-state index >= 15 is 0 Å². The predicted octanol–water partition coefficient (Wildman–Crippen LogP) is 3.62. The van der Waals surface area contributed by atoms with E-state index < -0.39 is 4.92 Å². The van der Waals surface area contributed by atoms with Gasteiger partial charge in [-0.3, -0.25) is 10.1 Å². The summed E-state index contributed by atoms with van der Waals surface area (Å²) in [6.07, 6.45) is 0. The molecule has 0 amide bonds. The van der Waals surface area contributed by atoms with Crippen LogP contribution in [0.15, 0.2) is 42.5 Å². The second-order valence-corrected chi connectivity index (χ2v) is 5.23. The second kappa shape index (κ2) is 6.19. The normalized spacial score (nSPS) is 10.5. The molecule has 116 valence electrons. The minimum absolute atomic E-state index is 0.105. The number of hydrogen-bond donors (Lipinski definition) is 1. The van der Waals surface area contributed by atoms with Gasteiger partial charge < -0.3 is 5.32 Å². The van der Waals surface area contributed by atoms with Gasteiger partial charge in [-0.15, -0.1) is 0 Å². The first-order chi connectivity index (χ1) is 11.1. The molecule has 3 aromatic rings. The first kappa shape index (κ1) is 15.2. The van der Waals surface area contributed by atoms with Gasteiger partial charge in [0.2, 0.25) is 0 Å². The summed E-state index contributed by atoms with van der Waals surface area (Å²) in [4.78, 5) is 10.2. The summed E-state index contributed by atoms with van der Waals surface area (Å²) < 4.78 is 1.40. The molecule has 1 N–H and O–H groups in total. The highest BCUT2D eigenvalue weighted by Gasteiger charge is 2.14. The summed E-state index contributed by atoms with van der Waals surface area (Å²) in [6.45, 7) is 0. The van der Waals surface area contributed by atoms with Crippen molar-refractivity contribution in [3.8, 4) is 5.69 Å². The van der Waals surface area contributed by atoms with E-state index in [1.807, 2.05) is 0 Å². The Labute approximate surface area is 139 Å². The third kappa shape index (κ3) is 3.08. The van der Waals surface area contributed by atoms with E-state index in [9.17, 15) is 10.1 Å². The molecule has 1 heterocycles. The van der Waals surface area contributed by atoms with Crippen molar-refractivity contribution in [1.82, 2.24) is 20.2 Å². The third-order valence-corrected chi connectivity index (χ3v) is 3.59. The fraction of sp³-hybridized carbons (Fsp3) is 0. The minimum Gasteiger partial charge on any atom is -0.321 e. The number of hydrogen-bond acceptors (Lipinski definition) is 6. The lowest BCUT2D eigenvalue weighted by Gasteiger charge is -2.09. The Balaban J connectivity index is 1.95. The smallest absolute Gasteiger partial charge is 0.271 e. The van der Waals surface area contributed by atoms with Crippen LogP contribution in [-0.2, 0) is 0 Å². The zero-order valence-electron chi connectivity index (χ0n) is 11.3.